The van der Waals surface area contributed by atoms with Gasteiger partial charge in [-0.15, -0.1) is 0 Å². The van der Waals surface area contributed by atoms with Gasteiger partial charge in [0.25, 0.3) is 0 Å². The average Bonchev–Trinajstić information content (AvgIpc) is 2.34. The van der Waals surface area contributed by atoms with Gasteiger partial charge in [-0.25, -0.2) is 0 Å². The third-order valence-electron chi connectivity index (χ3n) is 2.55. The predicted octanol–water partition coefficient (Wildman–Crippen LogP) is 1.78. The van der Waals surface area contributed by atoms with Gasteiger partial charge in [0.05, 0.1) is 17.1 Å². The summed E-state index contributed by atoms with van der Waals surface area (Å²) in [6.45, 7) is 5.46. The van der Waals surface area contributed by atoms with E-state index in [0.717, 1.165) is 23.6 Å². The van der Waals surface area contributed by atoms with E-state index in [4.69, 9.17) is 0 Å². The summed E-state index contributed by atoms with van der Waals surface area (Å²) in [7, 11) is 0. The molecule has 0 spiro atoms. The Bertz CT molecular complexity index is 479. The standard InChI is InChI=1S/C13H16N4/c1-10-4-3-5-15-13(10)9-14-7-12-8-16-11(2)6-17-12/h3-6,8,14H,7,9H2,1-2H3. The number of nitrogens with zero attached hydrogens (tertiary/aromatic N) is 3. The lowest BCUT2D eigenvalue weighted by Gasteiger charge is -2.06. The van der Waals surface area contributed by atoms with Gasteiger partial charge in [0.1, 0.15) is 0 Å². The maximum Gasteiger partial charge on any atom is 0.0724 e. The minimum Gasteiger partial charge on any atom is -0.305 e. The number of hydrogen-bond donors (Lipinski definition) is 1. The Morgan fingerprint density at radius 3 is 2.65 bits per heavy atom. The van der Waals surface area contributed by atoms with Crippen LogP contribution in [0.4, 0.5) is 0 Å². The van der Waals surface area contributed by atoms with E-state index < -0.39 is 0 Å². The Balaban J connectivity index is 1.88. The second-order valence-corrected chi connectivity index (χ2v) is 4.02. The van der Waals surface area contributed by atoms with Gasteiger partial charge < -0.3 is 5.32 Å². The average molecular weight is 228 g/mol. The summed E-state index contributed by atoms with van der Waals surface area (Å²) in [6.07, 6.45) is 5.40. The van der Waals surface area contributed by atoms with Crippen molar-refractivity contribution in [3.05, 3.63) is 53.4 Å². The van der Waals surface area contributed by atoms with Crippen molar-refractivity contribution in [3.8, 4) is 0 Å². The van der Waals surface area contributed by atoms with Gasteiger partial charge in [-0.2, -0.15) is 0 Å². The van der Waals surface area contributed by atoms with Crippen molar-refractivity contribution >= 4 is 0 Å². The minimum atomic E-state index is 0.712. The third-order valence-corrected chi connectivity index (χ3v) is 2.55. The highest BCUT2D eigenvalue weighted by atomic mass is 14.9. The van der Waals surface area contributed by atoms with Crippen LogP contribution in [0, 0.1) is 13.8 Å². The van der Waals surface area contributed by atoms with Gasteiger partial charge in [0.2, 0.25) is 0 Å². The maximum atomic E-state index is 4.33. The first-order valence-corrected chi connectivity index (χ1v) is 5.64. The lowest BCUT2D eigenvalue weighted by atomic mass is 10.2. The summed E-state index contributed by atoms with van der Waals surface area (Å²) >= 11 is 0. The van der Waals surface area contributed by atoms with Crippen molar-refractivity contribution in [1.82, 2.24) is 20.3 Å². The van der Waals surface area contributed by atoms with Gasteiger partial charge in [-0.3, -0.25) is 15.0 Å². The molecule has 2 rings (SSSR count). The fourth-order valence-electron chi connectivity index (χ4n) is 1.52. The largest absolute Gasteiger partial charge is 0.305 e. The first-order valence-electron chi connectivity index (χ1n) is 5.64. The molecule has 0 amide bonds. The number of rotatable bonds is 4. The smallest absolute Gasteiger partial charge is 0.0724 e. The summed E-state index contributed by atoms with van der Waals surface area (Å²) in [5.74, 6) is 0. The van der Waals surface area contributed by atoms with Crippen molar-refractivity contribution in [1.29, 1.82) is 0 Å². The van der Waals surface area contributed by atoms with E-state index in [1.54, 1.807) is 12.4 Å². The lowest BCUT2D eigenvalue weighted by molar-refractivity contribution is 0.661. The molecule has 2 aromatic heterocycles. The quantitative estimate of drug-likeness (QED) is 0.866. The molecule has 0 aliphatic rings. The molecule has 2 heterocycles. The molecule has 0 radical (unpaired) electrons. The highest BCUT2D eigenvalue weighted by Crippen LogP contribution is 2.02. The normalized spacial score (nSPS) is 10.5. The lowest BCUT2D eigenvalue weighted by Crippen LogP contribution is -2.15. The molecule has 0 aliphatic heterocycles. The summed E-state index contributed by atoms with van der Waals surface area (Å²) in [4.78, 5) is 12.8. The molecule has 1 N–H and O–H groups in total. The summed E-state index contributed by atoms with van der Waals surface area (Å²) in [6, 6.07) is 4.01. The van der Waals surface area contributed by atoms with Crippen LogP contribution in [0.1, 0.15) is 22.6 Å². The topological polar surface area (TPSA) is 50.7 Å². The minimum absolute atomic E-state index is 0.712. The highest BCUT2D eigenvalue weighted by molar-refractivity contribution is 5.17. The SMILES string of the molecule is Cc1cnc(CNCc2ncccc2C)cn1. The predicted molar refractivity (Wildman–Crippen MR) is 66.3 cm³/mol. The van der Waals surface area contributed by atoms with E-state index in [-0.39, 0.29) is 0 Å². The van der Waals surface area contributed by atoms with Crippen molar-refractivity contribution in [2.75, 3.05) is 0 Å². The van der Waals surface area contributed by atoms with Gasteiger partial charge >= 0.3 is 0 Å². The fourth-order valence-corrected chi connectivity index (χ4v) is 1.52. The van der Waals surface area contributed by atoms with Crippen LogP contribution in [-0.2, 0) is 13.1 Å². The van der Waals surface area contributed by atoms with Crippen LogP contribution in [0.25, 0.3) is 0 Å². The zero-order valence-corrected chi connectivity index (χ0v) is 10.1. The Labute approximate surface area is 101 Å². The molecule has 4 heteroatoms. The molecule has 0 saturated heterocycles. The van der Waals surface area contributed by atoms with Gasteiger partial charge in [-0.1, -0.05) is 6.07 Å². The summed E-state index contributed by atoms with van der Waals surface area (Å²) in [5, 5.41) is 3.31. The number of aryl methyl sites for hydroxylation is 2. The van der Waals surface area contributed by atoms with Crippen molar-refractivity contribution < 1.29 is 0 Å². The fraction of sp³-hybridized carbons (Fsp3) is 0.308. The first kappa shape index (κ1) is 11.7. The molecule has 17 heavy (non-hydrogen) atoms. The van der Waals surface area contributed by atoms with E-state index in [0.29, 0.717) is 6.54 Å². The number of pyridine rings is 1. The van der Waals surface area contributed by atoms with Crippen LogP contribution in [0.15, 0.2) is 30.7 Å². The van der Waals surface area contributed by atoms with Gasteiger partial charge in [0, 0.05) is 31.7 Å². The molecule has 0 saturated carbocycles. The molecule has 0 fully saturated rings. The zero-order valence-electron chi connectivity index (χ0n) is 10.1. The Morgan fingerprint density at radius 1 is 1.06 bits per heavy atom. The van der Waals surface area contributed by atoms with E-state index in [1.807, 2.05) is 19.2 Å². The Kier molecular flexibility index (Phi) is 3.77. The van der Waals surface area contributed by atoms with Crippen molar-refractivity contribution in [2.24, 2.45) is 0 Å². The molecular formula is C13H16N4. The van der Waals surface area contributed by atoms with E-state index in [9.17, 15) is 0 Å². The third kappa shape index (κ3) is 3.32. The van der Waals surface area contributed by atoms with Crippen molar-refractivity contribution in [2.45, 2.75) is 26.9 Å². The monoisotopic (exact) mass is 228 g/mol. The second-order valence-electron chi connectivity index (χ2n) is 4.02. The molecule has 0 bridgehead atoms. The van der Waals surface area contributed by atoms with Gasteiger partial charge in [-0.05, 0) is 25.5 Å². The van der Waals surface area contributed by atoms with E-state index in [1.165, 1.54) is 5.56 Å². The Morgan fingerprint density at radius 2 is 1.94 bits per heavy atom. The van der Waals surface area contributed by atoms with E-state index in [2.05, 4.69) is 33.3 Å². The van der Waals surface area contributed by atoms with Crippen molar-refractivity contribution in [3.63, 3.8) is 0 Å². The van der Waals surface area contributed by atoms with Crippen LogP contribution in [0.2, 0.25) is 0 Å². The van der Waals surface area contributed by atoms with Crippen LogP contribution in [0.3, 0.4) is 0 Å². The molecule has 2 aromatic rings. The summed E-state index contributed by atoms with van der Waals surface area (Å²) in [5.41, 5.74) is 4.17. The first-order chi connectivity index (χ1) is 8.25. The Hall–Kier alpha value is -1.81. The molecule has 0 atom stereocenters. The second kappa shape index (κ2) is 5.50. The van der Waals surface area contributed by atoms with Crippen LogP contribution < -0.4 is 5.32 Å². The molecule has 88 valence electrons. The molecular weight excluding hydrogens is 212 g/mol. The molecule has 4 nitrogen and oxygen atoms in total. The number of nitrogens with one attached hydrogen (secondary N) is 1. The van der Waals surface area contributed by atoms with Crippen LogP contribution in [-0.4, -0.2) is 15.0 Å². The molecule has 0 aliphatic carbocycles. The summed E-state index contributed by atoms with van der Waals surface area (Å²) < 4.78 is 0. The maximum absolute atomic E-state index is 4.33. The molecule has 0 aromatic carbocycles. The highest BCUT2D eigenvalue weighted by Gasteiger charge is 1.99. The van der Waals surface area contributed by atoms with Crippen LogP contribution >= 0.6 is 0 Å². The van der Waals surface area contributed by atoms with E-state index >= 15 is 0 Å². The zero-order chi connectivity index (χ0) is 12.1. The van der Waals surface area contributed by atoms with Crippen LogP contribution in [0.5, 0.6) is 0 Å². The molecule has 0 unspecified atom stereocenters. The number of hydrogen-bond acceptors (Lipinski definition) is 4. The number of aromatic nitrogens is 3. The van der Waals surface area contributed by atoms with Gasteiger partial charge in [0.15, 0.2) is 0 Å².